The third-order valence-electron chi connectivity index (χ3n) is 1.39. The Morgan fingerprint density at radius 3 is 2.00 bits per heavy atom. The van der Waals surface area contributed by atoms with E-state index >= 15 is 0 Å². The minimum Gasteiger partial charge on any atom is -0.0845 e. The molecule has 0 rings (SSSR count). The number of rotatable bonds is 2. The van der Waals surface area contributed by atoms with E-state index in [1.807, 2.05) is 0 Å². The molecule has 0 aromatic carbocycles. The number of hydrogen-bond acceptors (Lipinski definition) is 0. The average molecular weight is 225 g/mol. The molecule has 0 atom stereocenters. The molecule has 10 heavy (non-hydrogen) atoms. The molecule has 0 spiro atoms. The molecule has 0 aliphatic heterocycles. The molecule has 60 valence electrons. The summed E-state index contributed by atoms with van der Waals surface area (Å²) in [5.74, 6) is 0. The first-order valence-corrected chi connectivity index (χ1v) is 3.49. The van der Waals surface area contributed by atoms with Gasteiger partial charge in [-0.25, -0.2) is 0 Å². The summed E-state index contributed by atoms with van der Waals surface area (Å²) < 4.78 is 0. The van der Waals surface area contributed by atoms with Gasteiger partial charge in [-0.3, -0.25) is 0 Å². The second-order valence-electron chi connectivity index (χ2n) is 2.49. The number of hydrogen-bond donors (Lipinski definition) is 0. The molecular weight excluding hydrogens is 209 g/mol. The summed E-state index contributed by atoms with van der Waals surface area (Å²) in [6.45, 7) is 8.56. The molecule has 0 aliphatic carbocycles. The van der Waals surface area contributed by atoms with Crippen LogP contribution in [0.2, 0.25) is 0 Å². The van der Waals surface area contributed by atoms with Crippen molar-refractivity contribution < 1.29 is 19.5 Å². The molecule has 0 radical (unpaired) electrons. The van der Waals surface area contributed by atoms with Crippen molar-refractivity contribution in [3.05, 3.63) is 23.3 Å². The summed E-state index contributed by atoms with van der Waals surface area (Å²) in [7, 11) is 0. The predicted molar refractivity (Wildman–Crippen MR) is 43.5 cm³/mol. The zero-order valence-electron chi connectivity index (χ0n) is 7.22. The molecule has 1 heteroatoms. The quantitative estimate of drug-likeness (QED) is 0.499. The molecule has 0 saturated heterocycles. The van der Waals surface area contributed by atoms with Gasteiger partial charge >= 0.3 is 0 Å². The molecule has 0 aromatic rings. The average Bonchev–Trinajstić information content (AvgIpc) is 1.82. The van der Waals surface area contributed by atoms with E-state index in [1.165, 1.54) is 11.1 Å². The fourth-order valence-corrected chi connectivity index (χ4v) is 0.461. The Balaban J connectivity index is 0. The van der Waals surface area contributed by atoms with E-state index in [9.17, 15) is 0 Å². The van der Waals surface area contributed by atoms with Crippen LogP contribution < -0.4 is 0 Å². The summed E-state index contributed by atoms with van der Waals surface area (Å²) in [4.78, 5) is 0. The molecule has 0 aliphatic rings. The van der Waals surface area contributed by atoms with Crippen molar-refractivity contribution >= 4 is 0 Å². The Bertz CT molecular complexity index is 128. The maximum atomic E-state index is 2.18. The molecule has 0 fully saturated rings. The zero-order chi connectivity index (χ0) is 7.28. The topological polar surface area (TPSA) is 0 Å². The van der Waals surface area contributed by atoms with Crippen molar-refractivity contribution in [2.45, 2.75) is 34.1 Å². The van der Waals surface area contributed by atoms with E-state index in [0.717, 1.165) is 6.42 Å². The summed E-state index contributed by atoms with van der Waals surface area (Å²) in [6, 6.07) is 0. The van der Waals surface area contributed by atoms with E-state index in [0.29, 0.717) is 0 Å². The van der Waals surface area contributed by atoms with Gasteiger partial charge in [-0.2, -0.15) is 0 Å². The van der Waals surface area contributed by atoms with Crippen LogP contribution in [0.3, 0.4) is 0 Å². The molecule has 0 unspecified atom stereocenters. The molecule has 0 aromatic heterocycles. The first kappa shape index (κ1) is 12.8. The Hall–Kier alpha value is 0.103. The first-order valence-electron chi connectivity index (χ1n) is 3.49. The van der Waals surface area contributed by atoms with Crippen LogP contribution in [0.4, 0.5) is 0 Å². The van der Waals surface area contributed by atoms with Gasteiger partial charge in [0.1, 0.15) is 0 Å². The Morgan fingerprint density at radius 1 is 1.20 bits per heavy atom. The predicted octanol–water partition coefficient (Wildman–Crippen LogP) is 3.31. The monoisotopic (exact) mass is 226 g/mol. The maximum absolute atomic E-state index is 2.18. The maximum Gasteiger partial charge on any atom is 0 e. The van der Waals surface area contributed by atoms with Crippen molar-refractivity contribution in [3.8, 4) is 0 Å². The Labute approximate surface area is 77.2 Å². The van der Waals surface area contributed by atoms with E-state index in [1.54, 1.807) is 0 Å². The standard InChI is InChI=1S/C9H16.Ru/c1-5-6-7-9(4)8(2)3;/h6-7H,5H2,1-4H3;/b7-6+;. The Morgan fingerprint density at radius 2 is 1.70 bits per heavy atom. The second kappa shape index (κ2) is 7.21. The number of allylic oxidation sites excluding steroid dienone is 4. The fraction of sp³-hybridized carbons (Fsp3) is 0.556. The minimum absolute atomic E-state index is 0. The van der Waals surface area contributed by atoms with E-state index in [2.05, 4.69) is 39.8 Å². The zero-order valence-corrected chi connectivity index (χ0v) is 8.95. The van der Waals surface area contributed by atoms with Crippen molar-refractivity contribution in [1.82, 2.24) is 0 Å². The van der Waals surface area contributed by atoms with Gasteiger partial charge in [0.25, 0.3) is 0 Å². The van der Waals surface area contributed by atoms with Crippen LogP contribution in [0, 0.1) is 0 Å². The molecular formula is C9H16Ru. The molecule has 0 saturated carbocycles. The van der Waals surface area contributed by atoms with Crippen LogP contribution in [0.5, 0.6) is 0 Å². The van der Waals surface area contributed by atoms with Gasteiger partial charge in [-0.05, 0) is 27.2 Å². The SMILES string of the molecule is CC/C=C/C(C)=C(C)C.[Ru]. The van der Waals surface area contributed by atoms with Gasteiger partial charge in [0.15, 0.2) is 0 Å². The van der Waals surface area contributed by atoms with Crippen LogP contribution in [0.25, 0.3) is 0 Å². The molecule has 0 bridgehead atoms. The third kappa shape index (κ3) is 6.23. The first-order chi connectivity index (χ1) is 4.18. The van der Waals surface area contributed by atoms with E-state index < -0.39 is 0 Å². The van der Waals surface area contributed by atoms with E-state index in [4.69, 9.17) is 0 Å². The normalized spacial score (nSPS) is 9.20. The largest absolute Gasteiger partial charge is 0.0845 e. The van der Waals surface area contributed by atoms with Crippen LogP contribution >= 0.6 is 0 Å². The molecule has 0 amide bonds. The summed E-state index contributed by atoms with van der Waals surface area (Å²) in [5, 5.41) is 0. The second-order valence-corrected chi connectivity index (χ2v) is 2.49. The van der Waals surface area contributed by atoms with Crippen molar-refractivity contribution in [2.75, 3.05) is 0 Å². The van der Waals surface area contributed by atoms with Crippen LogP contribution in [-0.2, 0) is 19.5 Å². The van der Waals surface area contributed by atoms with Gasteiger partial charge in [0, 0.05) is 19.5 Å². The van der Waals surface area contributed by atoms with Gasteiger partial charge in [-0.1, -0.05) is 30.2 Å². The minimum atomic E-state index is 0. The van der Waals surface area contributed by atoms with Crippen molar-refractivity contribution in [3.63, 3.8) is 0 Å². The van der Waals surface area contributed by atoms with Gasteiger partial charge < -0.3 is 0 Å². The Kier molecular flexibility index (Phi) is 9.20. The summed E-state index contributed by atoms with van der Waals surface area (Å²) >= 11 is 0. The van der Waals surface area contributed by atoms with Crippen LogP contribution in [0.15, 0.2) is 23.3 Å². The van der Waals surface area contributed by atoms with Gasteiger partial charge in [-0.15, -0.1) is 0 Å². The van der Waals surface area contributed by atoms with Crippen LogP contribution in [0.1, 0.15) is 34.1 Å². The molecule has 0 nitrogen and oxygen atoms in total. The van der Waals surface area contributed by atoms with Gasteiger partial charge in [0.05, 0.1) is 0 Å². The van der Waals surface area contributed by atoms with Gasteiger partial charge in [0.2, 0.25) is 0 Å². The van der Waals surface area contributed by atoms with Crippen molar-refractivity contribution in [2.24, 2.45) is 0 Å². The summed E-state index contributed by atoms with van der Waals surface area (Å²) in [6.07, 6.45) is 5.49. The molecule has 0 N–H and O–H groups in total. The summed E-state index contributed by atoms with van der Waals surface area (Å²) in [5.41, 5.74) is 2.79. The molecule has 0 heterocycles. The van der Waals surface area contributed by atoms with Crippen LogP contribution in [-0.4, -0.2) is 0 Å². The fourth-order valence-electron chi connectivity index (χ4n) is 0.461. The van der Waals surface area contributed by atoms with E-state index in [-0.39, 0.29) is 19.5 Å². The van der Waals surface area contributed by atoms with Crippen molar-refractivity contribution in [1.29, 1.82) is 0 Å². The third-order valence-corrected chi connectivity index (χ3v) is 1.39. The smallest absolute Gasteiger partial charge is 0 e.